The van der Waals surface area contributed by atoms with E-state index >= 15 is 0 Å². The van der Waals surface area contributed by atoms with Crippen LogP contribution >= 0.6 is 0 Å². The fourth-order valence-electron chi connectivity index (χ4n) is 3.86. The maximum atomic E-state index is 12.8. The number of hydrogen-bond acceptors (Lipinski definition) is 3. The lowest BCUT2D eigenvalue weighted by Crippen LogP contribution is -2.37. The van der Waals surface area contributed by atoms with Crippen LogP contribution < -0.4 is 5.01 Å². The van der Waals surface area contributed by atoms with Gasteiger partial charge in [-0.25, -0.2) is 0 Å². The molecule has 1 fully saturated rings. The van der Waals surface area contributed by atoms with Crippen molar-refractivity contribution in [2.45, 2.75) is 32.1 Å². The summed E-state index contributed by atoms with van der Waals surface area (Å²) in [6.07, 6.45) is 3.09. The summed E-state index contributed by atoms with van der Waals surface area (Å²) < 4.78 is 0. The Morgan fingerprint density at radius 3 is 2.27 bits per heavy atom. The van der Waals surface area contributed by atoms with E-state index in [0.717, 1.165) is 55.9 Å². The van der Waals surface area contributed by atoms with Gasteiger partial charge in [0.1, 0.15) is 0 Å². The highest BCUT2D eigenvalue weighted by atomic mass is 16.2. The van der Waals surface area contributed by atoms with Crippen LogP contribution in [0.2, 0.25) is 0 Å². The van der Waals surface area contributed by atoms with E-state index in [2.05, 4.69) is 42.4 Å². The van der Waals surface area contributed by atoms with Gasteiger partial charge < -0.3 is 4.90 Å². The zero-order valence-electron chi connectivity index (χ0n) is 15.3. The van der Waals surface area contributed by atoms with Crippen LogP contribution in [-0.2, 0) is 0 Å². The molecule has 0 aliphatic carbocycles. The summed E-state index contributed by atoms with van der Waals surface area (Å²) in [7, 11) is 0. The van der Waals surface area contributed by atoms with Crippen molar-refractivity contribution in [3.05, 3.63) is 65.7 Å². The molecule has 0 N–H and O–H groups in total. The molecule has 0 radical (unpaired) electrons. The molecule has 4 heteroatoms. The van der Waals surface area contributed by atoms with Crippen molar-refractivity contribution in [1.29, 1.82) is 0 Å². The number of likely N-dealkylation sites (tertiary alicyclic amines) is 1. The van der Waals surface area contributed by atoms with E-state index in [1.165, 1.54) is 5.56 Å². The zero-order valence-corrected chi connectivity index (χ0v) is 15.3. The number of nitrogens with zero attached hydrogens (tertiary/aromatic N) is 3. The van der Waals surface area contributed by atoms with Crippen molar-refractivity contribution < 1.29 is 4.79 Å². The van der Waals surface area contributed by atoms with E-state index in [9.17, 15) is 4.79 Å². The van der Waals surface area contributed by atoms with E-state index in [1.54, 1.807) is 0 Å². The second kappa shape index (κ2) is 7.32. The topological polar surface area (TPSA) is 35.9 Å². The first-order chi connectivity index (χ1) is 12.7. The smallest absolute Gasteiger partial charge is 0.253 e. The van der Waals surface area contributed by atoms with Crippen molar-refractivity contribution in [2.75, 3.05) is 24.6 Å². The lowest BCUT2D eigenvalue weighted by Gasteiger charge is -2.32. The Balaban J connectivity index is 1.38. The Morgan fingerprint density at radius 2 is 1.65 bits per heavy atom. The number of carbonyl (C=O) groups excluding carboxylic acids is 1. The van der Waals surface area contributed by atoms with Gasteiger partial charge in [0.25, 0.3) is 5.91 Å². The molecule has 4 rings (SSSR count). The summed E-state index contributed by atoms with van der Waals surface area (Å²) in [6.45, 7) is 4.63. The summed E-state index contributed by atoms with van der Waals surface area (Å²) in [5.74, 6) is 0.711. The predicted molar refractivity (Wildman–Crippen MR) is 106 cm³/mol. The van der Waals surface area contributed by atoms with E-state index in [4.69, 9.17) is 0 Å². The molecule has 1 saturated heterocycles. The van der Waals surface area contributed by atoms with E-state index in [1.807, 2.05) is 34.2 Å². The molecule has 2 aliphatic heterocycles. The lowest BCUT2D eigenvalue weighted by atomic mass is 9.89. The van der Waals surface area contributed by atoms with Crippen molar-refractivity contribution in [3.8, 4) is 0 Å². The summed E-state index contributed by atoms with van der Waals surface area (Å²) in [5.41, 5.74) is 4.38. The number of amides is 1. The summed E-state index contributed by atoms with van der Waals surface area (Å²) in [6, 6.07) is 18.5. The highest BCUT2D eigenvalue weighted by Gasteiger charge is 2.24. The number of anilines is 1. The third-order valence-corrected chi connectivity index (χ3v) is 5.44. The molecular formula is C22H25N3O. The normalized spacial score (nSPS) is 18.1. The van der Waals surface area contributed by atoms with Crippen LogP contribution in [-0.4, -0.2) is 36.2 Å². The van der Waals surface area contributed by atoms with E-state index in [-0.39, 0.29) is 5.91 Å². The minimum atomic E-state index is 0.143. The molecule has 0 unspecified atom stereocenters. The average molecular weight is 347 g/mol. The quantitative estimate of drug-likeness (QED) is 0.830. The molecule has 2 aliphatic rings. The number of hydrazone groups is 1. The molecule has 2 aromatic rings. The molecule has 0 spiro atoms. The third kappa shape index (κ3) is 3.50. The molecule has 2 heterocycles. The SMILES string of the molecule is CC1=NN(c2ccc(C(=O)N3CCC(c4ccccc4)CC3)cc2)CC1. The minimum Gasteiger partial charge on any atom is -0.339 e. The number of piperidine rings is 1. The van der Waals surface area contributed by atoms with Crippen molar-refractivity contribution in [2.24, 2.45) is 5.10 Å². The Hall–Kier alpha value is -2.62. The van der Waals surface area contributed by atoms with Gasteiger partial charge >= 0.3 is 0 Å². The fourth-order valence-corrected chi connectivity index (χ4v) is 3.86. The van der Waals surface area contributed by atoms with Crippen LogP contribution in [0, 0.1) is 0 Å². The van der Waals surface area contributed by atoms with Gasteiger partial charge in [-0.05, 0) is 55.5 Å². The van der Waals surface area contributed by atoms with Crippen molar-refractivity contribution in [1.82, 2.24) is 4.90 Å². The molecule has 2 aromatic carbocycles. The second-order valence-corrected chi connectivity index (χ2v) is 7.23. The van der Waals surface area contributed by atoms with Crippen LogP contribution in [0.25, 0.3) is 0 Å². The molecule has 0 bridgehead atoms. The molecule has 0 saturated carbocycles. The Morgan fingerprint density at radius 1 is 0.962 bits per heavy atom. The molecular weight excluding hydrogens is 322 g/mol. The van der Waals surface area contributed by atoms with Gasteiger partial charge in [-0.2, -0.15) is 5.10 Å². The molecule has 0 atom stereocenters. The Bertz CT molecular complexity index is 790. The number of benzene rings is 2. The Kier molecular flexibility index (Phi) is 4.74. The van der Waals surface area contributed by atoms with Crippen LogP contribution in [0.5, 0.6) is 0 Å². The standard InChI is InChI=1S/C22H25N3O/c1-17-11-16-25(23-17)21-9-7-20(8-10-21)22(26)24-14-12-19(13-15-24)18-5-3-2-4-6-18/h2-10,19H,11-16H2,1H3. The van der Waals surface area contributed by atoms with Gasteiger partial charge in [0.15, 0.2) is 0 Å². The summed E-state index contributed by atoms with van der Waals surface area (Å²) >= 11 is 0. The first-order valence-corrected chi connectivity index (χ1v) is 9.46. The highest BCUT2D eigenvalue weighted by molar-refractivity contribution is 5.94. The van der Waals surface area contributed by atoms with Gasteiger partial charge in [-0.3, -0.25) is 9.80 Å². The van der Waals surface area contributed by atoms with Crippen LogP contribution in [0.4, 0.5) is 5.69 Å². The number of carbonyl (C=O) groups is 1. The molecule has 26 heavy (non-hydrogen) atoms. The minimum absolute atomic E-state index is 0.143. The lowest BCUT2D eigenvalue weighted by molar-refractivity contribution is 0.0713. The van der Waals surface area contributed by atoms with Gasteiger partial charge in [0, 0.05) is 37.3 Å². The van der Waals surface area contributed by atoms with Crippen molar-refractivity contribution in [3.63, 3.8) is 0 Å². The highest BCUT2D eigenvalue weighted by Crippen LogP contribution is 2.28. The monoisotopic (exact) mass is 347 g/mol. The van der Waals surface area contributed by atoms with Crippen LogP contribution in [0.1, 0.15) is 48.0 Å². The summed E-state index contributed by atoms with van der Waals surface area (Å²) in [5, 5.41) is 6.52. The van der Waals surface area contributed by atoms with Gasteiger partial charge in [0.2, 0.25) is 0 Å². The zero-order chi connectivity index (χ0) is 17.9. The first-order valence-electron chi connectivity index (χ1n) is 9.46. The van der Waals surface area contributed by atoms with E-state index in [0.29, 0.717) is 5.92 Å². The molecule has 134 valence electrons. The third-order valence-electron chi connectivity index (χ3n) is 5.44. The van der Waals surface area contributed by atoms with Gasteiger partial charge in [-0.1, -0.05) is 30.3 Å². The predicted octanol–water partition coefficient (Wildman–Crippen LogP) is 4.29. The van der Waals surface area contributed by atoms with Crippen molar-refractivity contribution >= 4 is 17.3 Å². The average Bonchev–Trinajstić information content (AvgIpc) is 3.15. The number of hydrogen-bond donors (Lipinski definition) is 0. The van der Waals surface area contributed by atoms with Gasteiger partial charge in [0.05, 0.1) is 5.69 Å². The molecule has 4 nitrogen and oxygen atoms in total. The molecule has 1 amide bonds. The maximum Gasteiger partial charge on any atom is 0.253 e. The van der Waals surface area contributed by atoms with Gasteiger partial charge in [-0.15, -0.1) is 0 Å². The first kappa shape index (κ1) is 16.8. The Labute approximate surface area is 155 Å². The fraction of sp³-hybridized carbons (Fsp3) is 0.364. The largest absolute Gasteiger partial charge is 0.339 e. The maximum absolute atomic E-state index is 12.8. The number of rotatable bonds is 3. The second-order valence-electron chi connectivity index (χ2n) is 7.23. The molecule has 0 aromatic heterocycles. The van der Waals surface area contributed by atoms with E-state index < -0.39 is 0 Å². The van der Waals surface area contributed by atoms with Crippen LogP contribution in [0.3, 0.4) is 0 Å². The van der Waals surface area contributed by atoms with Crippen LogP contribution in [0.15, 0.2) is 59.7 Å². The summed E-state index contributed by atoms with van der Waals surface area (Å²) in [4.78, 5) is 14.8.